The Morgan fingerprint density at radius 2 is 2.11 bits per heavy atom. The number of hydrogen-bond acceptors (Lipinski definition) is 3. The molecule has 106 valence electrons. The Morgan fingerprint density at radius 3 is 2.84 bits per heavy atom. The lowest BCUT2D eigenvalue weighted by atomic mass is 9.83. The van der Waals surface area contributed by atoms with E-state index in [0.29, 0.717) is 0 Å². The molecule has 2 fully saturated rings. The second-order valence-electron chi connectivity index (χ2n) is 6.21. The van der Waals surface area contributed by atoms with Crippen molar-refractivity contribution >= 4 is 11.3 Å². The summed E-state index contributed by atoms with van der Waals surface area (Å²) >= 11 is 1.96. The zero-order chi connectivity index (χ0) is 13.1. The fourth-order valence-corrected chi connectivity index (χ4v) is 4.56. The summed E-state index contributed by atoms with van der Waals surface area (Å²) in [6.45, 7) is 6.99. The third kappa shape index (κ3) is 3.59. The molecule has 3 heteroatoms. The van der Waals surface area contributed by atoms with Gasteiger partial charge in [0.1, 0.15) is 0 Å². The first-order chi connectivity index (χ1) is 9.31. The van der Waals surface area contributed by atoms with Gasteiger partial charge in [0.25, 0.3) is 0 Å². The van der Waals surface area contributed by atoms with Crippen molar-refractivity contribution in [1.29, 1.82) is 0 Å². The van der Waals surface area contributed by atoms with Gasteiger partial charge in [-0.25, -0.2) is 0 Å². The summed E-state index contributed by atoms with van der Waals surface area (Å²) in [7, 11) is 0. The van der Waals surface area contributed by atoms with E-state index in [1.807, 2.05) is 11.3 Å². The number of thiophene rings is 1. The van der Waals surface area contributed by atoms with Crippen LogP contribution >= 0.6 is 11.3 Å². The molecule has 0 bridgehead atoms. The van der Waals surface area contributed by atoms with Crippen molar-refractivity contribution in [2.45, 2.75) is 51.6 Å². The van der Waals surface area contributed by atoms with Gasteiger partial charge in [0.2, 0.25) is 0 Å². The van der Waals surface area contributed by atoms with E-state index in [9.17, 15) is 0 Å². The van der Waals surface area contributed by atoms with Crippen molar-refractivity contribution in [1.82, 2.24) is 10.2 Å². The van der Waals surface area contributed by atoms with Crippen molar-refractivity contribution in [2.24, 2.45) is 5.92 Å². The topological polar surface area (TPSA) is 15.3 Å². The number of aryl methyl sites for hydroxylation is 1. The lowest BCUT2D eigenvalue weighted by Crippen LogP contribution is -2.53. The summed E-state index contributed by atoms with van der Waals surface area (Å²) < 4.78 is 0. The second kappa shape index (κ2) is 6.38. The molecule has 1 aromatic rings. The van der Waals surface area contributed by atoms with Crippen LogP contribution in [0.1, 0.15) is 41.9 Å². The molecular formula is C16H26N2S. The number of hydrogen-bond donors (Lipinski definition) is 1. The third-order valence-corrected chi connectivity index (χ3v) is 5.67. The molecule has 0 amide bonds. The van der Waals surface area contributed by atoms with E-state index >= 15 is 0 Å². The van der Waals surface area contributed by atoms with Gasteiger partial charge in [-0.1, -0.05) is 19.3 Å². The summed E-state index contributed by atoms with van der Waals surface area (Å²) in [5.74, 6) is 0.932. The Morgan fingerprint density at radius 1 is 1.26 bits per heavy atom. The molecule has 1 saturated carbocycles. The third-order valence-electron chi connectivity index (χ3n) is 4.68. The van der Waals surface area contributed by atoms with Crippen LogP contribution in [0.25, 0.3) is 0 Å². The molecule has 1 aliphatic carbocycles. The standard InChI is InChI=1S/C16H26N2S/c1-13-7-8-15(19-13)11-18-10-9-17-16(12-18)14-5-3-2-4-6-14/h7-8,14,16-17H,2-6,9-12H2,1H3. The molecule has 2 nitrogen and oxygen atoms in total. The number of piperazine rings is 1. The lowest BCUT2D eigenvalue weighted by molar-refractivity contribution is 0.142. The zero-order valence-electron chi connectivity index (χ0n) is 12.0. The first kappa shape index (κ1) is 13.6. The highest BCUT2D eigenvalue weighted by Crippen LogP contribution is 2.28. The van der Waals surface area contributed by atoms with Gasteiger partial charge in [-0.3, -0.25) is 4.90 Å². The molecule has 0 spiro atoms. The molecule has 19 heavy (non-hydrogen) atoms. The molecule has 1 N–H and O–H groups in total. The summed E-state index contributed by atoms with van der Waals surface area (Å²) in [5.41, 5.74) is 0. The lowest BCUT2D eigenvalue weighted by Gasteiger charge is -2.39. The van der Waals surface area contributed by atoms with Crippen LogP contribution in [0.4, 0.5) is 0 Å². The number of nitrogens with zero attached hydrogens (tertiary/aromatic N) is 1. The van der Waals surface area contributed by atoms with Crippen LogP contribution in [0.15, 0.2) is 12.1 Å². The Balaban J connectivity index is 1.55. The zero-order valence-corrected chi connectivity index (χ0v) is 12.8. The molecule has 1 unspecified atom stereocenters. The minimum absolute atomic E-state index is 0.745. The number of nitrogens with one attached hydrogen (secondary N) is 1. The van der Waals surface area contributed by atoms with E-state index in [1.54, 1.807) is 0 Å². The Bertz CT molecular complexity index is 395. The van der Waals surface area contributed by atoms with E-state index in [-0.39, 0.29) is 0 Å². The normalized spacial score (nSPS) is 26.7. The minimum Gasteiger partial charge on any atom is -0.311 e. The van der Waals surface area contributed by atoms with Crippen molar-refractivity contribution < 1.29 is 0 Å². The highest BCUT2D eigenvalue weighted by atomic mass is 32.1. The maximum atomic E-state index is 3.77. The largest absolute Gasteiger partial charge is 0.311 e. The maximum absolute atomic E-state index is 3.77. The van der Waals surface area contributed by atoms with Gasteiger partial charge in [-0.2, -0.15) is 0 Å². The van der Waals surface area contributed by atoms with E-state index in [0.717, 1.165) is 18.5 Å². The van der Waals surface area contributed by atoms with Gasteiger partial charge >= 0.3 is 0 Å². The number of rotatable bonds is 3. The minimum atomic E-state index is 0.745. The van der Waals surface area contributed by atoms with Crippen LogP contribution < -0.4 is 5.32 Å². The maximum Gasteiger partial charge on any atom is 0.0329 e. The molecule has 1 saturated heterocycles. The van der Waals surface area contributed by atoms with Crippen LogP contribution in [0.5, 0.6) is 0 Å². The van der Waals surface area contributed by atoms with Crippen LogP contribution in [0.3, 0.4) is 0 Å². The fraction of sp³-hybridized carbons (Fsp3) is 0.750. The van der Waals surface area contributed by atoms with Crippen molar-refractivity contribution in [3.63, 3.8) is 0 Å². The van der Waals surface area contributed by atoms with Gasteiger partial charge in [0, 0.05) is 42.0 Å². The smallest absolute Gasteiger partial charge is 0.0329 e. The van der Waals surface area contributed by atoms with Gasteiger partial charge in [-0.15, -0.1) is 11.3 Å². The molecule has 0 aromatic carbocycles. The Labute approximate surface area is 121 Å². The van der Waals surface area contributed by atoms with Gasteiger partial charge in [-0.05, 0) is 37.8 Å². The average molecular weight is 278 g/mol. The first-order valence-electron chi connectivity index (χ1n) is 7.82. The summed E-state index contributed by atoms with van der Waals surface area (Å²) in [4.78, 5) is 5.62. The van der Waals surface area contributed by atoms with E-state index in [1.165, 1.54) is 61.5 Å². The van der Waals surface area contributed by atoms with E-state index < -0.39 is 0 Å². The Kier molecular flexibility index (Phi) is 4.57. The molecule has 3 rings (SSSR count). The first-order valence-corrected chi connectivity index (χ1v) is 8.64. The molecule has 0 radical (unpaired) electrons. The summed E-state index contributed by atoms with van der Waals surface area (Å²) in [5, 5.41) is 3.77. The molecular weight excluding hydrogens is 252 g/mol. The second-order valence-corrected chi connectivity index (χ2v) is 7.58. The van der Waals surface area contributed by atoms with Crippen LogP contribution in [-0.2, 0) is 6.54 Å². The molecule has 1 aliphatic heterocycles. The molecule has 2 heterocycles. The van der Waals surface area contributed by atoms with Crippen LogP contribution in [0, 0.1) is 12.8 Å². The van der Waals surface area contributed by atoms with E-state index in [4.69, 9.17) is 0 Å². The van der Waals surface area contributed by atoms with Gasteiger partial charge in [0.15, 0.2) is 0 Å². The van der Waals surface area contributed by atoms with Crippen molar-refractivity contribution in [3.8, 4) is 0 Å². The quantitative estimate of drug-likeness (QED) is 0.911. The summed E-state index contributed by atoms with van der Waals surface area (Å²) in [6, 6.07) is 5.30. The predicted octanol–water partition coefficient (Wildman–Crippen LogP) is 3.41. The summed E-state index contributed by atoms with van der Waals surface area (Å²) in [6.07, 6.45) is 7.26. The molecule has 1 atom stereocenters. The van der Waals surface area contributed by atoms with Gasteiger partial charge in [0.05, 0.1) is 0 Å². The van der Waals surface area contributed by atoms with Crippen LogP contribution in [-0.4, -0.2) is 30.6 Å². The SMILES string of the molecule is Cc1ccc(CN2CCNC(C3CCCCC3)C2)s1. The van der Waals surface area contributed by atoms with Crippen molar-refractivity contribution in [2.75, 3.05) is 19.6 Å². The predicted molar refractivity (Wildman–Crippen MR) is 82.7 cm³/mol. The van der Waals surface area contributed by atoms with Crippen molar-refractivity contribution in [3.05, 3.63) is 21.9 Å². The highest BCUT2D eigenvalue weighted by molar-refractivity contribution is 7.11. The van der Waals surface area contributed by atoms with Gasteiger partial charge < -0.3 is 5.32 Å². The molecule has 1 aromatic heterocycles. The van der Waals surface area contributed by atoms with Crippen LogP contribution in [0.2, 0.25) is 0 Å². The average Bonchev–Trinajstić information content (AvgIpc) is 2.85. The monoisotopic (exact) mass is 278 g/mol. The van der Waals surface area contributed by atoms with E-state index in [2.05, 4.69) is 29.3 Å². The molecule has 2 aliphatic rings. The Hall–Kier alpha value is -0.380. The fourth-order valence-electron chi connectivity index (χ4n) is 3.63. The highest BCUT2D eigenvalue weighted by Gasteiger charge is 2.27.